The molecule has 2 aromatic carbocycles. The van der Waals surface area contributed by atoms with Gasteiger partial charge >= 0.3 is 5.97 Å². The SMILES string of the molecule is O=C1OC(c2ccccc2F)=NC1=Cc1cc2c(cc1Br)OCO2. The first-order valence-corrected chi connectivity index (χ1v) is 7.78. The van der Waals surface area contributed by atoms with E-state index in [1.165, 1.54) is 12.1 Å². The molecule has 0 fully saturated rings. The van der Waals surface area contributed by atoms with Crippen molar-refractivity contribution in [1.82, 2.24) is 0 Å². The molecule has 0 amide bonds. The minimum atomic E-state index is -0.641. The van der Waals surface area contributed by atoms with Crippen LogP contribution in [-0.4, -0.2) is 18.7 Å². The van der Waals surface area contributed by atoms with Gasteiger partial charge in [0, 0.05) is 4.47 Å². The number of esters is 1. The monoisotopic (exact) mass is 389 g/mol. The third kappa shape index (κ3) is 2.56. The van der Waals surface area contributed by atoms with Gasteiger partial charge in [0.05, 0.1) is 5.56 Å². The van der Waals surface area contributed by atoms with Crippen LogP contribution in [0.4, 0.5) is 4.39 Å². The molecule has 7 heteroatoms. The molecule has 2 aliphatic rings. The highest BCUT2D eigenvalue weighted by Crippen LogP contribution is 2.38. The van der Waals surface area contributed by atoms with E-state index in [0.29, 0.717) is 21.5 Å². The van der Waals surface area contributed by atoms with Crippen LogP contribution in [0.1, 0.15) is 11.1 Å². The molecule has 2 aliphatic heterocycles. The zero-order chi connectivity index (χ0) is 16.7. The van der Waals surface area contributed by atoms with Crippen molar-refractivity contribution in [3.8, 4) is 11.5 Å². The van der Waals surface area contributed by atoms with Crippen LogP contribution in [0.25, 0.3) is 6.08 Å². The molecule has 0 spiro atoms. The Bertz CT molecular complexity index is 923. The Morgan fingerprint density at radius 1 is 1.17 bits per heavy atom. The lowest BCUT2D eigenvalue weighted by Gasteiger charge is -2.02. The molecular weight excluding hydrogens is 381 g/mol. The Balaban J connectivity index is 1.73. The molecule has 0 bridgehead atoms. The van der Waals surface area contributed by atoms with Gasteiger partial charge in [-0.05, 0) is 35.9 Å². The van der Waals surface area contributed by atoms with Gasteiger partial charge in [0.1, 0.15) is 5.82 Å². The second-order valence-corrected chi connectivity index (χ2v) is 5.90. The number of halogens is 2. The Hall–Kier alpha value is -2.67. The van der Waals surface area contributed by atoms with E-state index in [4.69, 9.17) is 14.2 Å². The van der Waals surface area contributed by atoms with Gasteiger partial charge in [0.15, 0.2) is 17.2 Å². The Morgan fingerprint density at radius 3 is 2.71 bits per heavy atom. The normalized spacial score (nSPS) is 17.2. The van der Waals surface area contributed by atoms with E-state index in [9.17, 15) is 9.18 Å². The highest BCUT2D eigenvalue weighted by atomic mass is 79.9. The molecule has 0 saturated carbocycles. The van der Waals surface area contributed by atoms with Crippen molar-refractivity contribution in [3.63, 3.8) is 0 Å². The average molecular weight is 390 g/mol. The number of carbonyl (C=O) groups excluding carboxylic acids is 1. The lowest BCUT2D eigenvalue weighted by atomic mass is 10.1. The molecule has 0 saturated heterocycles. The van der Waals surface area contributed by atoms with Gasteiger partial charge < -0.3 is 14.2 Å². The largest absolute Gasteiger partial charge is 0.454 e. The summed E-state index contributed by atoms with van der Waals surface area (Å²) in [6, 6.07) is 9.45. The Labute approximate surface area is 144 Å². The van der Waals surface area contributed by atoms with E-state index in [0.717, 1.165) is 0 Å². The van der Waals surface area contributed by atoms with Crippen LogP contribution in [-0.2, 0) is 9.53 Å². The van der Waals surface area contributed by atoms with Crippen LogP contribution in [0.2, 0.25) is 0 Å². The van der Waals surface area contributed by atoms with Crippen LogP contribution in [0.3, 0.4) is 0 Å². The number of benzene rings is 2. The first kappa shape index (κ1) is 14.9. The lowest BCUT2D eigenvalue weighted by molar-refractivity contribution is -0.129. The maximum Gasteiger partial charge on any atom is 0.363 e. The fourth-order valence-corrected chi connectivity index (χ4v) is 2.79. The van der Waals surface area contributed by atoms with Crippen LogP contribution in [0, 0.1) is 5.82 Å². The summed E-state index contributed by atoms with van der Waals surface area (Å²) in [7, 11) is 0. The highest BCUT2D eigenvalue weighted by Gasteiger charge is 2.26. The molecule has 5 nitrogen and oxygen atoms in total. The van der Waals surface area contributed by atoms with Crippen LogP contribution in [0.5, 0.6) is 11.5 Å². The number of rotatable bonds is 2. The number of cyclic esters (lactones) is 1. The van der Waals surface area contributed by atoms with E-state index in [-0.39, 0.29) is 24.0 Å². The highest BCUT2D eigenvalue weighted by molar-refractivity contribution is 9.10. The summed E-state index contributed by atoms with van der Waals surface area (Å²) >= 11 is 3.41. The number of hydrogen-bond donors (Lipinski definition) is 0. The van der Waals surface area contributed by atoms with Gasteiger partial charge in [0.25, 0.3) is 0 Å². The quantitative estimate of drug-likeness (QED) is 0.580. The van der Waals surface area contributed by atoms with E-state index >= 15 is 0 Å². The fourth-order valence-electron chi connectivity index (χ4n) is 2.35. The number of hydrogen-bond acceptors (Lipinski definition) is 5. The lowest BCUT2D eigenvalue weighted by Crippen LogP contribution is -2.07. The van der Waals surface area contributed by atoms with Crippen molar-refractivity contribution in [2.45, 2.75) is 0 Å². The van der Waals surface area contributed by atoms with Crippen LogP contribution in [0.15, 0.2) is 51.6 Å². The fraction of sp³-hybridized carbons (Fsp3) is 0.0588. The first-order valence-electron chi connectivity index (χ1n) is 6.98. The molecule has 2 aromatic rings. The predicted octanol–water partition coefficient (Wildman–Crippen LogP) is 3.66. The molecule has 0 unspecified atom stereocenters. The molecule has 4 rings (SSSR count). The molecule has 120 valence electrons. The van der Waals surface area contributed by atoms with Gasteiger partial charge in [-0.1, -0.05) is 28.1 Å². The predicted molar refractivity (Wildman–Crippen MR) is 87.3 cm³/mol. The molecule has 0 aliphatic carbocycles. The zero-order valence-corrected chi connectivity index (χ0v) is 13.7. The summed E-state index contributed by atoms with van der Waals surface area (Å²) in [6.07, 6.45) is 1.54. The second kappa shape index (κ2) is 5.76. The summed E-state index contributed by atoms with van der Waals surface area (Å²) in [5.74, 6) is -0.00288. The minimum absolute atomic E-state index is 0.0544. The molecule has 0 N–H and O–H groups in total. The average Bonchev–Trinajstić information content (AvgIpc) is 3.15. The Morgan fingerprint density at radius 2 is 1.92 bits per heavy atom. The van der Waals surface area contributed by atoms with Gasteiger partial charge in [-0.3, -0.25) is 0 Å². The maximum absolute atomic E-state index is 13.8. The van der Waals surface area contributed by atoms with Crippen molar-refractivity contribution < 1.29 is 23.4 Å². The maximum atomic E-state index is 13.8. The molecule has 0 radical (unpaired) electrons. The zero-order valence-electron chi connectivity index (χ0n) is 12.1. The second-order valence-electron chi connectivity index (χ2n) is 5.04. The number of aliphatic imine (C=N–C) groups is 1. The summed E-state index contributed by atoms with van der Waals surface area (Å²) in [5.41, 5.74) is 0.886. The van der Waals surface area contributed by atoms with Crippen molar-refractivity contribution >= 4 is 33.9 Å². The third-order valence-corrected chi connectivity index (χ3v) is 4.20. The third-order valence-electron chi connectivity index (χ3n) is 3.51. The van der Waals surface area contributed by atoms with Gasteiger partial charge in [-0.25, -0.2) is 14.2 Å². The van der Waals surface area contributed by atoms with Gasteiger partial charge in [-0.2, -0.15) is 0 Å². The molecule has 2 heterocycles. The van der Waals surface area contributed by atoms with Crippen LogP contribution >= 0.6 is 15.9 Å². The summed E-state index contributed by atoms with van der Waals surface area (Å²) in [6.45, 7) is 0.152. The number of nitrogens with zero attached hydrogens (tertiary/aromatic N) is 1. The number of fused-ring (bicyclic) bond motifs is 1. The molecule has 0 aromatic heterocycles. The van der Waals surface area contributed by atoms with E-state index in [2.05, 4.69) is 20.9 Å². The summed E-state index contributed by atoms with van der Waals surface area (Å²) in [4.78, 5) is 16.1. The van der Waals surface area contributed by atoms with E-state index in [1.807, 2.05) is 0 Å². The van der Waals surface area contributed by atoms with Crippen molar-refractivity contribution in [3.05, 3.63) is 63.5 Å². The summed E-state index contributed by atoms with van der Waals surface area (Å²) in [5, 5.41) is 0. The molecule has 24 heavy (non-hydrogen) atoms. The van der Waals surface area contributed by atoms with Gasteiger partial charge in [0.2, 0.25) is 12.7 Å². The van der Waals surface area contributed by atoms with E-state index in [1.54, 1.807) is 30.3 Å². The van der Waals surface area contributed by atoms with Crippen molar-refractivity contribution in [2.75, 3.05) is 6.79 Å². The topological polar surface area (TPSA) is 57.1 Å². The number of carbonyl (C=O) groups is 1. The molecular formula is C17H9BrFNO4. The van der Waals surface area contributed by atoms with E-state index < -0.39 is 11.8 Å². The Kier molecular flexibility index (Phi) is 3.57. The van der Waals surface area contributed by atoms with Crippen molar-refractivity contribution in [2.24, 2.45) is 4.99 Å². The standard InChI is InChI=1S/C17H9BrFNO4/c18-11-7-15-14(22-8-23-15)6-9(11)5-13-17(21)24-16(20-13)10-3-1-2-4-12(10)19/h1-7H,8H2. The first-order chi connectivity index (χ1) is 11.6. The van der Waals surface area contributed by atoms with Gasteiger partial charge in [-0.15, -0.1) is 0 Å². The summed E-state index contributed by atoms with van der Waals surface area (Å²) < 4.78 is 30.2. The number of ether oxygens (including phenoxy) is 3. The minimum Gasteiger partial charge on any atom is -0.454 e. The smallest absolute Gasteiger partial charge is 0.363 e. The molecule has 0 atom stereocenters. The van der Waals surface area contributed by atoms with Crippen molar-refractivity contribution in [1.29, 1.82) is 0 Å². The van der Waals surface area contributed by atoms with Crippen LogP contribution < -0.4 is 9.47 Å².